The summed E-state index contributed by atoms with van der Waals surface area (Å²) in [6.07, 6.45) is 0.680. The van der Waals surface area contributed by atoms with Gasteiger partial charge in [0.05, 0.1) is 11.3 Å². The second kappa shape index (κ2) is 5.38. The van der Waals surface area contributed by atoms with Crippen LogP contribution in [0.1, 0.15) is 24.5 Å². The fraction of sp³-hybridized carbons (Fsp3) is 0.417. The van der Waals surface area contributed by atoms with Gasteiger partial charge < -0.3 is 10.4 Å². The number of nitriles is 1. The number of aryl methyl sites for hydroxylation is 1. The van der Waals surface area contributed by atoms with Gasteiger partial charge >= 0.3 is 0 Å². The molecule has 1 rings (SSSR count). The Morgan fingerprint density at radius 2 is 2.27 bits per heavy atom. The molecule has 80 valence electrons. The van der Waals surface area contributed by atoms with Crippen LogP contribution in [-0.2, 0) is 0 Å². The van der Waals surface area contributed by atoms with Crippen molar-refractivity contribution in [2.75, 3.05) is 11.9 Å². The van der Waals surface area contributed by atoms with Crippen molar-refractivity contribution in [3.05, 3.63) is 29.3 Å². The van der Waals surface area contributed by atoms with Crippen molar-refractivity contribution < 1.29 is 5.11 Å². The van der Waals surface area contributed by atoms with E-state index in [-0.39, 0.29) is 12.6 Å². The molecular weight excluding hydrogens is 188 g/mol. The maximum Gasteiger partial charge on any atom is 0.101 e. The molecule has 0 radical (unpaired) electrons. The minimum atomic E-state index is 0.155. The predicted molar refractivity (Wildman–Crippen MR) is 60.7 cm³/mol. The first-order valence-electron chi connectivity index (χ1n) is 5.06. The maximum absolute atomic E-state index is 8.95. The van der Waals surface area contributed by atoms with Crippen LogP contribution in [0.5, 0.6) is 0 Å². The van der Waals surface area contributed by atoms with Crippen LogP contribution in [0.2, 0.25) is 0 Å². The highest BCUT2D eigenvalue weighted by Crippen LogP contribution is 2.20. The van der Waals surface area contributed by atoms with Gasteiger partial charge in [0.2, 0.25) is 0 Å². The van der Waals surface area contributed by atoms with Crippen molar-refractivity contribution in [3.8, 4) is 6.07 Å². The molecule has 0 saturated carbocycles. The first kappa shape index (κ1) is 11.5. The summed E-state index contributed by atoms with van der Waals surface area (Å²) in [7, 11) is 0. The summed E-state index contributed by atoms with van der Waals surface area (Å²) in [6.45, 7) is 4.11. The van der Waals surface area contributed by atoms with E-state index in [0.717, 1.165) is 11.3 Å². The molecule has 0 fully saturated rings. The van der Waals surface area contributed by atoms with Gasteiger partial charge in [-0.05, 0) is 31.9 Å². The normalized spacial score (nSPS) is 11.9. The zero-order valence-corrected chi connectivity index (χ0v) is 9.12. The first-order valence-corrected chi connectivity index (χ1v) is 5.06. The molecule has 15 heavy (non-hydrogen) atoms. The second-order valence-corrected chi connectivity index (χ2v) is 3.67. The predicted octanol–water partition coefficient (Wildman–Crippen LogP) is 2.05. The zero-order chi connectivity index (χ0) is 11.3. The first-order chi connectivity index (χ1) is 7.19. The molecule has 0 aliphatic carbocycles. The van der Waals surface area contributed by atoms with Crippen LogP contribution < -0.4 is 5.32 Å². The van der Waals surface area contributed by atoms with E-state index < -0.39 is 0 Å². The van der Waals surface area contributed by atoms with Crippen LogP contribution in [0.4, 0.5) is 5.69 Å². The van der Waals surface area contributed by atoms with Crippen LogP contribution in [0.25, 0.3) is 0 Å². The van der Waals surface area contributed by atoms with E-state index in [2.05, 4.69) is 11.4 Å². The Bertz CT molecular complexity index is 368. The molecule has 1 aromatic rings. The highest BCUT2D eigenvalue weighted by molar-refractivity contribution is 5.62. The molecule has 2 N–H and O–H groups in total. The Balaban J connectivity index is 2.88. The Kier molecular flexibility index (Phi) is 4.14. The Morgan fingerprint density at radius 1 is 1.53 bits per heavy atom. The summed E-state index contributed by atoms with van der Waals surface area (Å²) in [5, 5.41) is 21.0. The van der Waals surface area contributed by atoms with Crippen molar-refractivity contribution in [3.63, 3.8) is 0 Å². The van der Waals surface area contributed by atoms with Crippen molar-refractivity contribution in [2.45, 2.75) is 26.3 Å². The van der Waals surface area contributed by atoms with E-state index in [9.17, 15) is 0 Å². The Hall–Kier alpha value is -1.53. The fourth-order valence-corrected chi connectivity index (χ4v) is 1.46. The van der Waals surface area contributed by atoms with E-state index in [0.29, 0.717) is 12.0 Å². The van der Waals surface area contributed by atoms with Crippen LogP contribution in [-0.4, -0.2) is 17.8 Å². The van der Waals surface area contributed by atoms with Gasteiger partial charge in [-0.1, -0.05) is 12.1 Å². The van der Waals surface area contributed by atoms with Crippen LogP contribution in [0.15, 0.2) is 18.2 Å². The number of nitrogens with zero attached hydrogens (tertiary/aromatic N) is 1. The number of rotatable bonds is 4. The number of anilines is 1. The lowest BCUT2D eigenvalue weighted by atomic mass is 10.1. The van der Waals surface area contributed by atoms with Crippen molar-refractivity contribution in [1.29, 1.82) is 5.26 Å². The summed E-state index contributed by atoms with van der Waals surface area (Å²) in [5.74, 6) is 0. The van der Waals surface area contributed by atoms with Gasteiger partial charge in [-0.25, -0.2) is 0 Å². The second-order valence-electron chi connectivity index (χ2n) is 3.67. The lowest BCUT2D eigenvalue weighted by Gasteiger charge is -2.17. The molecule has 0 aliphatic heterocycles. The summed E-state index contributed by atoms with van der Waals surface area (Å²) < 4.78 is 0. The monoisotopic (exact) mass is 204 g/mol. The van der Waals surface area contributed by atoms with E-state index >= 15 is 0 Å². The molecule has 3 heteroatoms. The number of para-hydroxylation sites is 1. The molecule has 0 saturated heterocycles. The van der Waals surface area contributed by atoms with Crippen LogP contribution in [0.3, 0.4) is 0 Å². The quantitative estimate of drug-likeness (QED) is 0.789. The van der Waals surface area contributed by atoms with Gasteiger partial charge in [0.1, 0.15) is 6.07 Å². The summed E-state index contributed by atoms with van der Waals surface area (Å²) in [5.41, 5.74) is 2.58. The lowest BCUT2D eigenvalue weighted by Crippen LogP contribution is -2.18. The van der Waals surface area contributed by atoms with Gasteiger partial charge in [0.25, 0.3) is 0 Å². The number of aliphatic hydroxyl groups excluding tert-OH is 1. The van der Waals surface area contributed by atoms with Crippen LogP contribution >= 0.6 is 0 Å². The molecule has 0 aromatic heterocycles. The highest BCUT2D eigenvalue weighted by Gasteiger charge is 2.07. The van der Waals surface area contributed by atoms with Crippen molar-refractivity contribution >= 4 is 5.69 Å². The third-order valence-electron chi connectivity index (χ3n) is 2.35. The van der Waals surface area contributed by atoms with Gasteiger partial charge in [0, 0.05) is 12.6 Å². The zero-order valence-electron chi connectivity index (χ0n) is 9.12. The summed E-state index contributed by atoms with van der Waals surface area (Å²) in [6, 6.07) is 7.96. The average Bonchev–Trinajstić information content (AvgIpc) is 2.21. The van der Waals surface area contributed by atoms with Crippen molar-refractivity contribution in [1.82, 2.24) is 0 Å². The minimum Gasteiger partial charge on any atom is -0.396 e. The van der Waals surface area contributed by atoms with Gasteiger partial charge in [0.15, 0.2) is 0 Å². The van der Waals surface area contributed by atoms with Crippen molar-refractivity contribution in [2.24, 2.45) is 0 Å². The molecule has 3 nitrogen and oxygen atoms in total. The van der Waals surface area contributed by atoms with Crippen LogP contribution in [0, 0.1) is 18.3 Å². The van der Waals surface area contributed by atoms with Gasteiger partial charge in [-0.2, -0.15) is 5.26 Å². The third kappa shape index (κ3) is 2.97. The molecule has 0 heterocycles. The Labute approximate surface area is 90.4 Å². The Morgan fingerprint density at radius 3 is 2.87 bits per heavy atom. The molecule has 0 bridgehead atoms. The van der Waals surface area contributed by atoms with E-state index in [1.165, 1.54) is 0 Å². The highest BCUT2D eigenvalue weighted by atomic mass is 16.3. The topological polar surface area (TPSA) is 56.0 Å². The summed E-state index contributed by atoms with van der Waals surface area (Å²) >= 11 is 0. The number of nitrogens with one attached hydrogen (secondary N) is 1. The standard InChI is InChI=1S/C12H16N2O/c1-9-4-3-5-11(8-13)12(9)14-10(2)6-7-15/h3-5,10,14-15H,6-7H2,1-2H3. The molecule has 0 spiro atoms. The molecule has 0 aliphatic rings. The number of hydrogen-bond acceptors (Lipinski definition) is 3. The number of hydrogen-bond donors (Lipinski definition) is 2. The largest absolute Gasteiger partial charge is 0.396 e. The number of aliphatic hydroxyl groups is 1. The van der Waals surface area contributed by atoms with E-state index in [1.54, 1.807) is 6.07 Å². The number of benzene rings is 1. The smallest absolute Gasteiger partial charge is 0.101 e. The maximum atomic E-state index is 8.95. The van der Waals surface area contributed by atoms with Gasteiger partial charge in [-0.15, -0.1) is 0 Å². The molecular formula is C12H16N2O. The third-order valence-corrected chi connectivity index (χ3v) is 2.35. The molecule has 0 amide bonds. The average molecular weight is 204 g/mol. The SMILES string of the molecule is Cc1cccc(C#N)c1NC(C)CCO. The minimum absolute atomic E-state index is 0.155. The fourth-order valence-electron chi connectivity index (χ4n) is 1.46. The van der Waals surface area contributed by atoms with Gasteiger partial charge in [-0.3, -0.25) is 0 Å². The summed E-state index contributed by atoms with van der Waals surface area (Å²) in [4.78, 5) is 0. The molecule has 1 atom stereocenters. The lowest BCUT2D eigenvalue weighted by molar-refractivity contribution is 0.282. The molecule has 1 unspecified atom stereocenters. The molecule has 1 aromatic carbocycles. The van der Waals surface area contributed by atoms with E-state index in [4.69, 9.17) is 10.4 Å². The van der Waals surface area contributed by atoms with E-state index in [1.807, 2.05) is 26.0 Å².